The molecule has 0 saturated heterocycles. The standard InChI is InChI=1S/C7H12NO3/c1-11-7(10)5-3-2-4-6(8)9/h8H,2-5H2,1H3. The summed E-state index contributed by atoms with van der Waals surface area (Å²) in [6.07, 6.45) is 1.79. The molecular weight excluding hydrogens is 146 g/mol. The van der Waals surface area contributed by atoms with Crippen LogP contribution in [0.2, 0.25) is 0 Å². The summed E-state index contributed by atoms with van der Waals surface area (Å²) in [5.41, 5.74) is 6.55. The van der Waals surface area contributed by atoms with Gasteiger partial charge in [0, 0.05) is 12.8 Å². The molecule has 1 amide bonds. The van der Waals surface area contributed by atoms with Gasteiger partial charge in [0.15, 0.2) is 0 Å². The Morgan fingerprint density at radius 1 is 1.27 bits per heavy atom. The SMILES string of the molecule is COC(=O)CCCCC([NH])=O. The highest BCUT2D eigenvalue weighted by Gasteiger charge is 2.00. The van der Waals surface area contributed by atoms with Gasteiger partial charge in [-0.05, 0) is 12.8 Å². The number of rotatable bonds is 5. The van der Waals surface area contributed by atoms with Crippen LogP contribution in [0.1, 0.15) is 25.7 Å². The van der Waals surface area contributed by atoms with Crippen LogP contribution >= 0.6 is 0 Å². The zero-order valence-corrected chi connectivity index (χ0v) is 6.55. The van der Waals surface area contributed by atoms with E-state index in [1.807, 2.05) is 0 Å². The Bertz CT molecular complexity index is 145. The molecule has 0 aromatic carbocycles. The van der Waals surface area contributed by atoms with E-state index in [0.717, 1.165) is 0 Å². The summed E-state index contributed by atoms with van der Waals surface area (Å²) >= 11 is 0. The van der Waals surface area contributed by atoms with Crippen molar-refractivity contribution in [3.63, 3.8) is 0 Å². The van der Waals surface area contributed by atoms with Crippen LogP contribution in [0.15, 0.2) is 0 Å². The van der Waals surface area contributed by atoms with Crippen LogP contribution in [-0.4, -0.2) is 19.0 Å². The van der Waals surface area contributed by atoms with Gasteiger partial charge in [-0.1, -0.05) is 0 Å². The molecule has 11 heavy (non-hydrogen) atoms. The van der Waals surface area contributed by atoms with E-state index in [1.165, 1.54) is 7.11 Å². The smallest absolute Gasteiger partial charge is 0.305 e. The van der Waals surface area contributed by atoms with Gasteiger partial charge in [0.2, 0.25) is 5.91 Å². The predicted octanol–water partition coefficient (Wildman–Crippen LogP) is 0.529. The van der Waals surface area contributed by atoms with Crippen LogP contribution < -0.4 is 5.73 Å². The van der Waals surface area contributed by atoms with Crippen LogP contribution in [0.4, 0.5) is 0 Å². The number of amides is 1. The number of unbranched alkanes of at least 4 members (excludes halogenated alkanes) is 1. The molecule has 0 unspecified atom stereocenters. The Morgan fingerprint density at radius 3 is 2.27 bits per heavy atom. The Hall–Kier alpha value is -1.06. The van der Waals surface area contributed by atoms with E-state index < -0.39 is 5.91 Å². The molecule has 1 N–H and O–H groups in total. The van der Waals surface area contributed by atoms with E-state index >= 15 is 0 Å². The van der Waals surface area contributed by atoms with Crippen molar-refractivity contribution in [2.75, 3.05) is 7.11 Å². The molecule has 0 atom stereocenters. The topological polar surface area (TPSA) is 67.2 Å². The summed E-state index contributed by atoms with van der Waals surface area (Å²) in [4.78, 5) is 20.6. The van der Waals surface area contributed by atoms with Gasteiger partial charge in [-0.3, -0.25) is 15.3 Å². The lowest BCUT2D eigenvalue weighted by Crippen LogP contribution is -2.01. The van der Waals surface area contributed by atoms with Crippen molar-refractivity contribution >= 4 is 11.9 Å². The Kier molecular flexibility index (Phi) is 5.15. The quantitative estimate of drug-likeness (QED) is 0.433. The predicted molar refractivity (Wildman–Crippen MR) is 38.6 cm³/mol. The van der Waals surface area contributed by atoms with Crippen molar-refractivity contribution in [1.29, 1.82) is 0 Å². The molecule has 0 aromatic rings. The van der Waals surface area contributed by atoms with Crippen molar-refractivity contribution in [1.82, 2.24) is 5.73 Å². The summed E-state index contributed by atoms with van der Waals surface area (Å²) in [5.74, 6) is -0.836. The van der Waals surface area contributed by atoms with Crippen molar-refractivity contribution < 1.29 is 14.3 Å². The van der Waals surface area contributed by atoms with Gasteiger partial charge in [-0.25, -0.2) is 0 Å². The first-order valence-electron chi connectivity index (χ1n) is 3.48. The average Bonchev–Trinajstić information content (AvgIpc) is 1.97. The van der Waals surface area contributed by atoms with Crippen LogP contribution in [-0.2, 0) is 14.3 Å². The van der Waals surface area contributed by atoms with Gasteiger partial charge in [0.25, 0.3) is 0 Å². The number of ether oxygens (including phenoxy) is 1. The molecule has 0 rings (SSSR count). The normalized spacial score (nSPS) is 9.18. The molecule has 0 bridgehead atoms. The molecule has 0 aromatic heterocycles. The van der Waals surface area contributed by atoms with Crippen molar-refractivity contribution in [2.24, 2.45) is 0 Å². The molecular formula is C7H12NO3. The summed E-state index contributed by atoms with van der Waals surface area (Å²) in [5, 5.41) is 0. The molecule has 0 aliphatic rings. The maximum atomic E-state index is 10.5. The number of esters is 1. The molecule has 4 nitrogen and oxygen atoms in total. The highest BCUT2D eigenvalue weighted by molar-refractivity contribution is 5.73. The van der Waals surface area contributed by atoms with E-state index in [9.17, 15) is 9.59 Å². The zero-order valence-electron chi connectivity index (χ0n) is 6.55. The van der Waals surface area contributed by atoms with E-state index in [0.29, 0.717) is 19.3 Å². The first kappa shape index (κ1) is 9.94. The lowest BCUT2D eigenvalue weighted by molar-refractivity contribution is -0.140. The lowest BCUT2D eigenvalue weighted by atomic mass is 10.2. The van der Waals surface area contributed by atoms with Gasteiger partial charge < -0.3 is 4.74 Å². The third-order valence-corrected chi connectivity index (χ3v) is 1.26. The number of hydrogen-bond acceptors (Lipinski definition) is 3. The van der Waals surface area contributed by atoms with Gasteiger partial charge >= 0.3 is 5.97 Å². The molecule has 63 valence electrons. The summed E-state index contributed by atoms with van der Waals surface area (Å²) < 4.78 is 4.39. The van der Waals surface area contributed by atoms with Gasteiger partial charge in [-0.15, -0.1) is 0 Å². The fraction of sp³-hybridized carbons (Fsp3) is 0.714. The number of carbonyl (C=O) groups is 2. The van der Waals surface area contributed by atoms with E-state index in [-0.39, 0.29) is 12.4 Å². The number of carbonyl (C=O) groups excluding carboxylic acids is 2. The zero-order chi connectivity index (χ0) is 8.69. The second kappa shape index (κ2) is 5.70. The van der Waals surface area contributed by atoms with Crippen molar-refractivity contribution in [3.8, 4) is 0 Å². The minimum absolute atomic E-state index is 0.233. The third-order valence-electron chi connectivity index (χ3n) is 1.26. The number of methoxy groups -OCH3 is 1. The second-order valence-electron chi connectivity index (χ2n) is 2.21. The molecule has 0 aliphatic carbocycles. The Labute approximate surface area is 65.7 Å². The van der Waals surface area contributed by atoms with Crippen molar-refractivity contribution in [2.45, 2.75) is 25.7 Å². The van der Waals surface area contributed by atoms with E-state index in [2.05, 4.69) is 4.74 Å². The van der Waals surface area contributed by atoms with Crippen LogP contribution in [0, 0.1) is 0 Å². The summed E-state index contributed by atoms with van der Waals surface area (Å²) in [7, 11) is 1.33. The monoisotopic (exact) mass is 158 g/mol. The molecule has 1 radical (unpaired) electrons. The molecule has 0 aliphatic heterocycles. The number of hydrogen-bond donors (Lipinski definition) is 0. The van der Waals surface area contributed by atoms with Gasteiger partial charge in [-0.2, -0.15) is 0 Å². The molecule has 4 heteroatoms. The maximum Gasteiger partial charge on any atom is 0.305 e. The average molecular weight is 158 g/mol. The molecule has 0 spiro atoms. The largest absolute Gasteiger partial charge is 0.469 e. The van der Waals surface area contributed by atoms with Crippen LogP contribution in [0.3, 0.4) is 0 Å². The summed E-state index contributed by atoms with van der Waals surface area (Å²) in [6.45, 7) is 0. The lowest BCUT2D eigenvalue weighted by Gasteiger charge is -1.96. The number of nitrogens with one attached hydrogen (secondary N) is 1. The second-order valence-corrected chi connectivity index (χ2v) is 2.21. The van der Waals surface area contributed by atoms with Crippen LogP contribution in [0.5, 0.6) is 0 Å². The Balaban J connectivity index is 3.14. The highest BCUT2D eigenvalue weighted by atomic mass is 16.5. The fourth-order valence-corrected chi connectivity index (χ4v) is 0.657. The van der Waals surface area contributed by atoms with Gasteiger partial charge in [0.1, 0.15) is 0 Å². The molecule has 0 saturated carbocycles. The minimum Gasteiger partial charge on any atom is -0.469 e. The highest BCUT2D eigenvalue weighted by Crippen LogP contribution is 2.00. The molecule has 0 heterocycles. The van der Waals surface area contributed by atoms with Crippen LogP contribution in [0.25, 0.3) is 0 Å². The van der Waals surface area contributed by atoms with Crippen molar-refractivity contribution in [3.05, 3.63) is 0 Å². The summed E-state index contributed by atoms with van der Waals surface area (Å²) in [6, 6.07) is 0. The molecule has 0 fully saturated rings. The van der Waals surface area contributed by atoms with Gasteiger partial charge in [0.05, 0.1) is 7.11 Å². The first-order valence-corrected chi connectivity index (χ1v) is 3.48. The van der Waals surface area contributed by atoms with E-state index in [4.69, 9.17) is 5.73 Å². The van der Waals surface area contributed by atoms with E-state index in [1.54, 1.807) is 0 Å². The third kappa shape index (κ3) is 6.83. The first-order chi connectivity index (χ1) is 5.16. The maximum absolute atomic E-state index is 10.5. The minimum atomic E-state index is -0.574. The Morgan fingerprint density at radius 2 is 1.82 bits per heavy atom. The fourth-order valence-electron chi connectivity index (χ4n) is 0.657.